The topological polar surface area (TPSA) is 51.2 Å². The van der Waals surface area contributed by atoms with Crippen LogP contribution in [0, 0.1) is 0 Å². The Morgan fingerprint density at radius 2 is 2.04 bits per heavy atom. The molecule has 1 amide bonds. The molecule has 0 fully saturated rings. The minimum Gasteiger partial charge on any atom is -0.497 e. The standard InChI is InChI=1S/C18H18N2O2S/c1-3-15(12-4-7-14(22-2)8-5-12)20-18(21)13-6-9-16-17(10-13)23-11-19-16/h4-11,15H,3H2,1-2H3,(H,20,21)/t15-/m0/s1. The van der Waals surface area contributed by atoms with Crippen LogP contribution in [0.25, 0.3) is 10.2 Å². The molecule has 0 radical (unpaired) electrons. The summed E-state index contributed by atoms with van der Waals surface area (Å²) in [5, 5.41) is 3.10. The summed E-state index contributed by atoms with van der Waals surface area (Å²) in [5.74, 6) is 0.744. The lowest BCUT2D eigenvalue weighted by Crippen LogP contribution is -2.28. The minimum absolute atomic E-state index is 0.0226. The second-order valence-electron chi connectivity index (χ2n) is 5.24. The van der Waals surface area contributed by atoms with Gasteiger partial charge >= 0.3 is 0 Å². The summed E-state index contributed by atoms with van der Waals surface area (Å²) in [6.07, 6.45) is 0.820. The van der Waals surface area contributed by atoms with E-state index in [2.05, 4.69) is 17.2 Å². The number of nitrogens with one attached hydrogen (secondary N) is 1. The van der Waals surface area contributed by atoms with Crippen molar-refractivity contribution in [2.24, 2.45) is 0 Å². The highest BCUT2D eigenvalue weighted by Crippen LogP contribution is 2.22. The summed E-state index contributed by atoms with van der Waals surface area (Å²) >= 11 is 1.54. The quantitative estimate of drug-likeness (QED) is 0.765. The Kier molecular flexibility index (Phi) is 4.57. The number of carbonyl (C=O) groups is 1. The van der Waals surface area contributed by atoms with Gasteiger partial charge in [-0.25, -0.2) is 4.98 Å². The van der Waals surface area contributed by atoms with Gasteiger partial charge in [0, 0.05) is 5.56 Å². The first-order valence-electron chi connectivity index (χ1n) is 7.49. The van der Waals surface area contributed by atoms with E-state index in [4.69, 9.17) is 4.74 Å². The smallest absolute Gasteiger partial charge is 0.251 e. The van der Waals surface area contributed by atoms with E-state index in [1.807, 2.05) is 42.5 Å². The van der Waals surface area contributed by atoms with E-state index < -0.39 is 0 Å². The number of methoxy groups -OCH3 is 1. The predicted octanol–water partition coefficient (Wildman–Crippen LogP) is 4.19. The predicted molar refractivity (Wildman–Crippen MR) is 93.1 cm³/mol. The molecule has 0 aliphatic rings. The van der Waals surface area contributed by atoms with Crippen molar-refractivity contribution in [3.8, 4) is 5.75 Å². The summed E-state index contributed by atoms with van der Waals surface area (Å²) < 4.78 is 6.20. The first-order valence-corrected chi connectivity index (χ1v) is 8.37. The van der Waals surface area contributed by atoms with Gasteiger partial charge in [0.15, 0.2) is 0 Å². The maximum Gasteiger partial charge on any atom is 0.251 e. The third-order valence-corrected chi connectivity index (χ3v) is 4.62. The zero-order valence-corrected chi connectivity index (χ0v) is 13.9. The van der Waals surface area contributed by atoms with Crippen molar-refractivity contribution in [2.75, 3.05) is 7.11 Å². The van der Waals surface area contributed by atoms with E-state index >= 15 is 0 Å². The van der Waals surface area contributed by atoms with Crippen molar-refractivity contribution >= 4 is 27.5 Å². The SMILES string of the molecule is CC[C@H](NC(=O)c1ccc2ncsc2c1)c1ccc(OC)cc1. The van der Waals surface area contributed by atoms with E-state index in [1.165, 1.54) is 11.3 Å². The fraction of sp³-hybridized carbons (Fsp3) is 0.222. The zero-order chi connectivity index (χ0) is 16.2. The molecule has 1 heterocycles. The first-order chi connectivity index (χ1) is 11.2. The number of amides is 1. The van der Waals surface area contributed by atoms with Crippen molar-refractivity contribution in [3.63, 3.8) is 0 Å². The summed E-state index contributed by atoms with van der Waals surface area (Å²) in [6.45, 7) is 2.06. The van der Waals surface area contributed by atoms with Gasteiger partial charge in [0.25, 0.3) is 5.91 Å². The van der Waals surface area contributed by atoms with Gasteiger partial charge in [-0.2, -0.15) is 0 Å². The molecule has 23 heavy (non-hydrogen) atoms. The number of thiazole rings is 1. The molecule has 3 aromatic rings. The number of hydrogen-bond acceptors (Lipinski definition) is 4. The van der Waals surface area contributed by atoms with Crippen LogP contribution in [-0.2, 0) is 0 Å². The van der Waals surface area contributed by atoms with E-state index in [1.54, 1.807) is 12.6 Å². The maximum atomic E-state index is 12.5. The highest BCUT2D eigenvalue weighted by atomic mass is 32.1. The van der Waals surface area contributed by atoms with Crippen molar-refractivity contribution in [3.05, 3.63) is 59.1 Å². The molecule has 0 saturated carbocycles. The maximum absolute atomic E-state index is 12.5. The molecule has 2 aromatic carbocycles. The molecular weight excluding hydrogens is 308 g/mol. The van der Waals surface area contributed by atoms with Crippen LogP contribution < -0.4 is 10.1 Å². The Balaban J connectivity index is 1.78. The second-order valence-corrected chi connectivity index (χ2v) is 6.13. The van der Waals surface area contributed by atoms with E-state index in [0.717, 1.165) is 28.0 Å². The molecule has 1 atom stereocenters. The summed E-state index contributed by atoms with van der Waals surface area (Å²) in [6, 6.07) is 13.4. The van der Waals surface area contributed by atoms with Crippen molar-refractivity contribution in [1.82, 2.24) is 10.3 Å². The molecule has 1 aromatic heterocycles. The zero-order valence-electron chi connectivity index (χ0n) is 13.1. The number of nitrogens with zero attached hydrogens (tertiary/aromatic N) is 1. The molecule has 0 unspecified atom stereocenters. The van der Waals surface area contributed by atoms with Crippen LogP contribution in [0.4, 0.5) is 0 Å². The van der Waals surface area contributed by atoms with Crippen LogP contribution in [0.15, 0.2) is 48.0 Å². The van der Waals surface area contributed by atoms with Gasteiger partial charge in [-0.3, -0.25) is 4.79 Å². The van der Waals surface area contributed by atoms with E-state index in [0.29, 0.717) is 5.56 Å². The second kappa shape index (κ2) is 6.79. The van der Waals surface area contributed by atoms with Crippen LogP contribution in [0.5, 0.6) is 5.75 Å². The lowest BCUT2D eigenvalue weighted by atomic mass is 10.0. The highest BCUT2D eigenvalue weighted by molar-refractivity contribution is 7.16. The van der Waals surface area contributed by atoms with Crippen LogP contribution in [0.1, 0.15) is 35.3 Å². The molecule has 0 aliphatic heterocycles. The molecule has 3 rings (SSSR count). The number of fused-ring (bicyclic) bond motifs is 1. The number of benzene rings is 2. The average Bonchev–Trinajstić information content (AvgIpc) is 3.07. The van der Waals surface area contributed by atoms with Gasteiger partial charge < -0.3 is 10.1 Å². The van der Waals surface area contributed by atoms with Gasteiger partial charge in [-0.05, 0) is 42.3 Å². The lowest BCUT2D eigenvalue weighted by Gasteiger charge is -2.18. The fourth-order valence-electron chi connectivity index (χ4n) is 2.50. The van der Waals surface area contributed by atoms with Crippen LogP contribution >= 0.6 is 11.3 Å². The summed E-state index contributed by atoms with van der Waals surface area (Å²) in [7, 11) is 1.64. The van der Waals surface area contributed by atoms with Crippen molar-refractivity contribution < 1.29 is 9.53 Å². The van der Waals surface area contributed by atoms with E-state index in [-0.39, 0.29) is 11.9 Å². The monoisotopic (exact) mass is 326 g/mol. The van der Waals surface area contributed by atoms with Gasteiger partial charge in [0.1, 0.15) is 5.75 Å². The van der Waals surface area contributed by atoms with Gasteiger partial charge in [0.05, 0.1) is 28.9 Å². The van der Waals surface area contributed by atoms with Crippen molar-refractivity contribution in [2.45, 2.75) is 19.4 Å². The third-order valence-electron chi connectivity index (χ3n) is 3.83. The minimum atomic E-state index is -0.0667. The van der Waals surface area contributed by atoms with E-state index in [9.17, 15) is 4.79 Å². The molecule has 0 bridgehead atoms. The molecule has 0 aliphatic carbocycles. The Morgan fingerprint density at radius 1 is 1.26 bits per heavy atom. The summed E-state index contributed by atoms with van der Waals surface area (Å²) in [5.41, 5.74) is 4.45. The van der Waals surface area contributed by atoms with Gasteiger partial charge in [-0.15, -0.1) is 11.3 Å². The van der Waals surface area contributed by atoms with Crippen LogP contribution in [0.2, 0.25) is 0 Å². The van der Waals surface area contributed by atoms with Gasteiger partial charge in [-0.1, -0.05) is 19.1 Å². The molecule has 0 saturated heterocycles. The number of carbonyl (C=O) groups excluding carboxylic acids is 1. The Hall–Kier alpha value is -2.40. The average molecular weight is 326 g/mol. The largest absolute Gasteiger partial charge is 0.497 e. The third kappa shape index (κ3) is 3.35. The molecule has 0 spiro atoms. The molecule has 118 valence electrons. The Morgan fingerprint density at radius 3 is 2.74 bits per heavy atom. The number of aromatic nitrogens is 1. The van der Waals surface area contributed by atoms with Crippen LogP contribution in [0.3, 0.4) is 0 Å². The number of hydrogen-bond donors (Lipinski definition) is 1. The lowest BCUT2D eigenvalue weighted by molar-refractivity contribution is 0.0935. The molecule has 4 nitrogen and oxygen atoms in total. The fourth-order valence-corrected chi connectivity index (χ4v) is 3.21. The highest BCUT2D eigenvalue weighted by Gasteiger charge is 2.15. The summed E-state index contributed by atoms with van der Waals surface area (Å²) in [4.78, 5) is 16.8. The van der Waals surface area contributed by atoms with Crippen LogP contribution in [-0.4, -0.2) is 18.0 Å². The Labute approximate surface area is 139 Å². The first kappa shape index (κ1) is 15.5. The number of rotatable bonds is 5. The Bertz CT molecular complexity index is 811. The van der Waals surface area contributed by atoms with Crippen molar-refractivity contribution in [1.29, 1.82) is 0 Å². The normalized spacial score (nSPS) is 12.1. The molecule has 1 N–H and O–H groups in total. The molecular formula is C18H18N2O2S. The van der Waals surface area contributed by atoms with Gasteiger partial charge in [0.2, 0.25) is 0 Å². The molecule has 5 heteroatoms. The number of ether oxygens (including phenoxy) is 1.